The Morgan fingerprint density at radius 2 is 0.513 bits per heavy atom. The Balaban J connectivity index is 0.769. The van der Waals surface area contributed by atoms with Gasteiger partial charge in [-0.1, -0.05) is 136 Å². The van der Waals surface area contributed by atoms with E-state index in [0.717, 1.165) is 70.9 Å². The summed E-state index contributed by atoms with van der Waals surface area (Å²) in [6, 6.07) is 68.0. The lowest BCUT2D eigenvalue weighted by atomic mass is 10.1. The van der Waals surface area contributed by atoms with Gasteiger partial charge in [-0.15, -0.1) is 0 Å². The third-order valence-electron chi connectivity index (χ3n) is 14.4. The number of hydrogen-bond donors (Lipinski definition) is 0. The van der Waals surface area contributed by atoms with Gasteiger partial charge in [-0.2, -0.15) is 20.4 Å². The van der Waals surface area contributed by atoms with Crippen molar-refractivity contribution in [2.24, 2.45) is 20.4 Å². The highest BCUT2D eigenvalue weighted by atomic mass is 15.4. The maximum Gasteiger partial charge on any atom is 0.0590 e. The minimum atomic E-state index is 0.977. The molecule has 2 aromatic heterocycles. The standard InChI is InChI=1S/C66H68N10/c1-71(55-25-15-11-16-26-55)67-47-51-33-37-63-59(43-51)60-44-52(48-68-72(2)56-27-17-12-18-28-56)34-38-64(60)75(63)41-23-9-7-5-6-8-10-24-42-76-65-39-35-53(49-69-73(3)57-29-19-13-20-30-57)45-61(65)62-46-54(36-40-66(62)76)50-70-74(4)58-31-21-14-22-32-58/h11-22,25-40,43-50H,5-10,23-24,41-42H2,1-4H3. The molecule has 0 aliphatic heterocycles. The Morgan fingerprint density at radius 3 is 0.750 bits per heavy atom. The van der Waals surface area contributed by atoms with Gasteiger partial charge in [0.1, 0.15) is 0 Å². The third-order valence-corrected chi connectivity index (χ3v) is 14.4. The molecule has 0 saturated heterocycles. The van der Waals surface area contributed by atoms with E-state index in [4.69, 9.17) is 20.4 Å². The SMILES string of the molecule is CN(N=Cc1ccc2c(c1)c1cc(C=NN(C)c3ccccc3)ccc1n2CCCCCCCCCCn1c2ccc(C=NN(C)c3ccccc3)cc2c2cc(C=NN(C)c3ccccc3)ccc21)c1ccccc1. The molecule has 0 bridgehead atoms. The molecular weight excluding hydrogens is 933 g/mol. The van der Waals surface area contributed by atoms with Crippen molar-refractivity contribution in [2.45, 2.75) is 64.5 Å². The van der Waals surface area contributed by atoms with Crippen LogP contribution < -0.4 is 20.0 Å². The second kappa shape index (κ2) is 24.5. The van der Waals surface area contributed by atoms with Crippen LogP contribution >= 0.6 is 0 Å². The van der Waals surface area contributed by atoms with Gasteiger partial charge in [0.25, 0.3) is 0 Å². The molecule has 8 aromatic carbocycles. The first-order chi connectivity index (χ1) is 37.4. The van der Waals surface area contributed by atoms with E-state index in [1.54, 1.807) is 0 Å². The molecule has 76 heavy (non-hydrogen) atoms. The van der Waals surface area contributed by atoms with Gasteiger partial charge in [-0.25, -0.2) is 0 Å². The second-order valence-corrected chi connectivity index (χ2v) is 19.7. The topological polar surface area (TPSA) is 72.3 Å². The van der Waals surface area contributed by atoms with Crippen LogP contribution in [-0.4, -0.2) is 62.2 Å². The van der Waals surface area contributed by atoms with Gasteiger partial charge < -0.3 is 9.13 Å². The van der Waals surface area contributed by atoms with Crippen LogP contribution in [0, 0.1) is 0 Å². The maximum atomic E-state index is 4.79. The number of fused-ring (bicyclic) bond motifs is 6. The Bertz CT molecular complexity index is 3150. The molecule has 0 atom stereocenters. The van der Waals surface area contributed by atoms with E-state index in [1.165, 1.54) is 82.1 Å². The normalized spacial score (nSPS) is 12.0. The smallest absolute Gasteiger partial charge is 0.0590 e. The molecule has 2 heterocycles. The summed E-state index contributed by atoms with van der Waals surface area (Å²) < 4.78 is 5.04. The zero-order chi connectivity index (χ0) is 52.1. The highest BCUT2D eigenvalue weighted by molar-refractivity contribution is 6.12. The van der Waals surface area contributed by atoms with Crippen LogP contribution in [0.3, 0.4) is 0 Å². The van der Waals surface area contributed by atoms with Crippen molar-refractivity contribution in [3.8, 4) is 0 Å². The third kappa shape index (κ3) is 12.3. The molecule has 10 heteroatoms. The number of para-hydroxylation sites is 4. The summed E-state index contributed by atoms with van der Waals surface area (Å²) in [5, 5.41) is 31.8. The van der Waals surface area contributed by atoms with Gasteiger partial charge in [-0.05, 0) is 132 Å². The highest BCUT2D eigenvalue weighted by Gasteiger charge is 2.14. The number of anilines is 4. The molecule has 10 rings (SSSR count). The largest absolute Gasteiger partial charge is 0.340 e. The van der Waals surface area contributed by atoms with Crippen molar-refractivity contribution >= 4 is 91.2 Å². The summed E-state index contributed by atoms with van der Waals surface area (Å²) in [4.78, 5) is 0. The summed E-state index contributed by atoms with van der Waals surface area (Å²) in [6.45, 7) is 1.95. The number of hydrazone groups is 4. The minimum Gasteiger partial charge on any atom is -0.340 e. The van der Waals surface area contributed by atoms with E-state index in [1.807, 2.05) is 146 Å². The van der Waals surface area contributed by atoms with Crippen molar-refractivity contribution in [1.29, 1.82) is 0 Å². The fourth-order valence-electron chi connectivity index (χ4n) is 10.1. The van der Waals surface area contributed by atoms with Crippen LogP contribution in [0.4, 0.5) is 22.7 Å². The molecule has 0 amide bonds. The molecule has 0 saturated carbocycles. The highest BCUT2D eigenvalue weighted by Crippen LogP contribution is 2.33. The molecule has 0 unspecified atom stereocenters. The molecule has 0 aliphatic rings. The molecular formula is C66H68N10. The number of hydrogen-bond acceptors (Lipinski definition) is 8. The van der Waals surface area contributed by atoms with E-state index in [2.05, 4.69) is 130 Å². The summed E-state index contributed by atoms with van der Waals surface area (Å²) in [6.07, 6.45) is 17.5. The molecule has 0 aliphatic carbocycles. The molecule has 0 spiro atoms. The van der Waals surface area contributed by atoms with Crippen molar-refractivity contribution in [3.63, 3.8) is 0 Å². The van der Waals surface area contributed by atoms with Gasteiger partial charge >= 0.3 is 0 Å². The lowest BCUT2D eigenvalue weighted by Crippen LogP contribution is -2.08. The molecule has 0 fully saturated rings. The average Bonchev–Trinajstić information content (AvgIpc) is 4.03. The van der Waals surface area contributed by atoms with Crippen LogP contribution in [0.15, 0.2) is 215 Å². The number of aromatic nitrogens is 2. The number of nitrogens with zero attached hydrogens (tertiary/aromatic N) is 10. The van der Waals surface area contributed by atoms with E-state index >= 15 is 0 Å². The predicted molar refractivity (Wildman–Crippen MR) is 326 cm³/mol. The number of unbranched alkanes of at least 4 members (excludes halogenated alkanes) is 7. The maximum absolute atomic E-state index is 4.79. The zero-order valence-electron chi connectivity index (χ0n) is 44.3. The van der Waals surface area contributed by atoms with Gasteiger partial charge in [0, 0.05) is 84.9 Å². The van der Waals surface area contributed by atoms with Crippen molar-refractivity contribution in [2.75, 3.05) is 48.2 Å². The fraction of sp³-hybridized carbons (Fsp3) is 0.212. The van der Waals surface area contributed by atoms with Gasteiger partial charge in [0.2, 0.25) is 0 Å². The van der Waals surface area contributed by atoms with Gasteiger partial charge in [0.15, 0.2) is 0 Å². The molecule has 10 nitrogen and oxygen atoms in total. The van der Waals surface area contributed by atoms with Crippen LogP contribution in [0.1, 0.15) is 73.6 Å². The lowest BCUT2D eigenvalue weighted by Gasteiger charge is -2.12. The molecule has 0 radical (unpaired) electrons. The van der Waals surface area contributed by atoms with E-state index in [-0.39, 0.29) is 0 Å². The summed E-state index contributed by atoms with van der Waals surface area (Å²) in [5.74, 6) is 0. The fourth-order valence-corrected chi connectivity index (χ4v) is 10.1. The first-order valence-corrected chi connectivity index (χ1v) is 26.8. The Labute approximate surface area is 447 Å². The number of aryl methyl sites for hydroxylation is 2. The summed E-state index contributed by atoms with van der Waals surface area (Å²) in [7, 11) is 7.95. The Hall–Kier alpha value is -8.76. The van der Waals surface area contributed by atoms with E-state index in [9.17, 15) is 0 Å². The quantitative estimate of drug-likeness (QED) is 0.0364. The van der Waals surface area contributed by atoms with Crippen molar-refractivity contribution in [1.82, 2.24) is 9.13 Å². The van der Waals surface area contributed by atoms with Crippen LogP contribution in [0.5, 0.6) is 0 Å². The van der Waals surface area contributed by atoms with Crippen molar-refractivity contribution in [3.05, 3.63) is 216 Å². The molecule has 0 N–H and O–H groups in total. The lowest BCUT2D eigenvalue weighted by molar-refractivity contribution is 0.536. The van der Waals surface area contributed by atoms with Gasteiger partial charge in [0.05, 0.1) is 47.6 Å². The monoisotopic (exact) mass is 1000 g/mol. The predicted octanol–water partition coefficient (Wildman–Crippen LogP) is 15.6. The summed E-state index contributed by atoms with van der Waals surface area (Å²) in [5.41, 5.74) is 13.5. The van der Waals surface area contributed by atoms with E-state index in [0.29, 0.717) is 0 Å². The van der Waals surface area contributed by atoms with Gasteiger partial charge in [-0.3, -0.25) is 20.0 Å². The van der Waals surface area contributed by atoms with E-state index < -0.39 is 0 Å². The molecule has 10 aromatic rings. The Kier molecular flexibility index (Phi) is 16.4. The average molecular weight is 1000 g/mol. The number of rotatable bonds is 23. The number of benzene rings is 8. The molecule has 382 valence electrons. The summed E-state index contributed by atoms with van der Waals surface area (Å²) >= 11 is 0. The Morgan fingerprint density at radius 1 is 0.289 bits per heavy atom. The first-order valence-electron chi connectivity index (χ1n) is 26.8. The first kappa shape index (κ1) is 50.8. The van der Waals surface area contributed by atoms with Crippen LogP contribution in [-0.2, 0) is 13.1 Å². The van der Waals surface area contributed by atoms with Crippen LogP contribution in [0.25, 0.3) is 43.6 Å². The minimum absolute atomic E-state index is 0.977. The zero-order valence-corrected chi connectivity index (χ0v) is 44.3. The second-order valence-electron chi connectivity index (χ2n) is 19.7. The van der Waals surface area contributed by atoms with Crippen LogP contribution in [0.2, 0.25) is 0 Å². The van der Waals surface area contributed by atoms with Crippen molar-refractivity contribution < 1.29 is 0 Å².